The number of esters is 1. The first-order valence-corrected chi connectivity index (χ1v) is 9.31. The van der Waals surface area contributed by atoms with Crippen LogP contribution in [0.2, 0.25) is 0 Å². The molecule has 30 heavy (non-hydrogen) atoms. The summed E-state index contributed by atoms with van der Waals surface area (Å²) in [5.41, 5.74) is 3.43. The molecule has 0 saturated heterocycles. The first-order valence-electron chi connectivity index (χ1n) is 9.31. The Morgan fingerprint density at radius 2 is 1.70 bits per heavy atom. The zero-order chi connectivity index (χ0) is 21.1. The van der Waals surface area contributed by atoms with E-state index >= 15 is 0 Å². The highest BCUT2D eigenvalue weighted by Gasteiger charge is 2.19. The van der Waals surface area contributed by atoms with Crippen LogP contribution in [0, 0.1) is 5.82 Å². The Morgan fingerprint density at radius 3 is 2.43 bits per heavy atom. The van der Waals surface area contributed by atoms with Crippen LogP contribution in [0.5, 0.6) is 0 Å². The molecule has 0 saturated carbocycles. The number of ether oxygens (including phenoxy) is 1. The van der Waals surface area contributed by atoms with Crippen LogP contribution < -0.4 is 5.32 Å². The van der Waals surface area contributed by atoms with E-state index in [1.165, 1.54) is 31.2 Å². The molecule has 0 aliphatic carbocycles. The van der Waals surface area contributed by atoms with Crippen molar-refractivity contribution in [3.63, 3.8) is 0 Å². The summed E-state index contributed by atoms with van der Waals surface area (Å²) in [6, 6.07) is 19.9. The van der Waals surface area contributed by atoms with Crippen molar-refractivity contribution in [3.8, 4) is 5.69 Å². The fourth-order valence-corrected chi connectivity index (χ4v) is 2.98. The number of hydrogen-bond acceptors (Lipinski definition) is 4. The van der Waals surface area contributed by atoms with Crippen molar-refractivity contribution in [2.75, 3.05) is 5.32 Å². The minimum absolute atomic E-state index is 0.324. The molecule has 4 rings (SSSR count). The second kappa shape index (κ2) is 8.16. The molecule has 0 aliphatic heterocycles. The predicted molar refractivity (Wildman–Crippen MR) is 111 cm³/mol. The molecule has 0 aliphatic rings. The summed E-state index contributed by atoms with van der Waals surface area (Å²) in [5, 5.41) is 2.58. The minimum atomic E-state index is -1.01. The third-order valence-electron chi connectivity index (χ3n) is 4.60. The van der Waals surface area contributed by atoms with Gasteiger partial charge >= 0.3 is 5.97 Å². The number of anilines is 1. The number of amides is 1. The largest absolute Gasteiger partial charge is 0.449 e. The van der Waals surface area contributed by atoms with Crippen LogP contribution in [-0.4, -0.2) is 27.5 Å². The number of hydrogen-bond donors (Lipinski definition) is 1. The topological polar surface area (TPSA) is 73.2 Å². The average Bonchev–Trinajstić information content (AvgIpc) is 3.19. The molecule has 7 heteroatoms. The summed E-state index contributed by atoms with van der Waals surface area (Å²) < 4.78 is 20.1. The lowest BCUT2D eigenvalue weighted by molar-refractivity contribution is -0.123. The number of nitrogens with zero attached hydrogens (tertiary/aromatic N) is 2. The van der Waals surface area contributed by atoms with Gasteiger partial charge in [0.05, 0.1) is 16.6 Å². The van der Waals surface area contributed by atoms with Crippen LogP contribution >= 0.6 is 0 Å². The van der Waals surface area contributed by atoms with Crippen molar-refractivity contribution in [2.45, 2.75) is 13.0 Å². The van der Waals surface area contributed by atoms with Crippen molar-refractivity contribution in [1.29, 1.82) is 0 Å². The number of nitrogens with one attached hydrogen (secondary N) is 1. The van der Waals surface area contributed by atoms with Gasteiger partial charge in [-0.1, -0.05) is 12.1 Å². The number of imidazole rings is 1. The first kappa shape index (κ1) is 19.3. The number of halogens is 1. The molecule has 1 aromatic heterocycles. The van der Waals surface area contributed by atoms with Gasteiger partial charge in [0.2, 0.25) is 0 Å². The predicted octanol–water partition coefficient (Wildman–Crippen LogP) is 4.35. The van der Waals surface area contributed by atoms with Gasteiger partial charge in [0.25, 0.3) is 5.91 Å². The van der Waals surface area contributed by atoms with Gasteiger partial charge in [-0.3, -0.25) is 9.36 Å². The van der Waals surface area contributed by atoms with E-state index < -0.39 is 23.8 Å². The van der Waals surface area contributed by atoms with E-state index in [-0.39, 0.29) is 0 Å². The molecular formula is C23H18FN3O3. The molecule has 1 N–H and O–H groups in total. The van der Waals surface area contributed by atoms with Crippen LogP contribution in [-0.2, 0) is 9.53 Å². The second-order valence-electron chi connectivity index (χ2n) is 6.69. The van der Waals surface area contributed by atoms with Crippen molar-refractivity contribution < 1.29 is 18.7 Å². The number of aromatic nitrogens is 2. The lowest BCUT2D eigenvalue weighted by atomic mass is 10.2. The summed E-state index contributed by atoms with van der Waals surface area (Å²) in [6.45, 7) is 1.47. The van der Waals surface area contributed by atoms with E-state index in [9.17, 15) is 14.0 Å². The average molecular weight is 403 g/mol. The Hall–Kier alpha value is -4.00. The quantitative estimate of drug-likeness (QED) is 0.503. The third-order valence-corrected chi connectivity index (χ3v) is 4.60. The van der Waals surface area contributed by atoms with E-state index in [0.717, 1.165) is 16.7 Å². The smallest absolute Gasteiger partial charge is 0.338 e. The zero-order valence-electron chi connectivity index (χ0n) is 16.1. The van der Waals surface area contributed by atoms with E-state index in [4.69, 9.17) is 4.74 Å². The Kier molecular flexibility index (Phi) is 5.26. The Morgan fingerprint density at radius 1 is 1.00 bits per heavy atom. The van der Waals surface area contributed by atoms with Crippen molar-refractivity contribution in [1.82, 2.24) is 9.55 Å². The van der Waals surface area contributed by atoms with Gasteiger partial charge in [0, 0.05) is 11.4 Å². The summed E-state index contributed by atoms with van der Waals surface area (Å²) in [4.78, 5) is 29.0. The molecule has 1 unspecified atom stereocenters. The van der Waals surface area contributed by atoms with Crippen LogP contribution in [0.3, 0.4) is 0 Å². The van der Waals surface area contributed by atoms with Gasteiger partial charge in [0.15, 0.2) is 6.10 Å². The van der Waals surface area contributed by atoms with Crippen molar-refractivity contribution >= 4 is 28.6 Å². The van der Waals surface area contributed by atoms with Gasteiger partial charge in [-0.25, -0.2) is 14.2 Å². The van der Waals surface area contributed by atoms with E-state index in [2.05, 4.69) is 10.3 Å². The SMILES string of the molecule is CC(OC(=O)c1ccc(-n2cnc3ccccc32)cc1)C(=O)Nc1ccc(F)cc1. The van der Waals surface area contributed by atoms with E-state index in [1.807, 2.05) is 28.8 Å². The lowest BCUT2D eigenvalue weighted by Crippen LogP contribution is -2.30. The van der Waals surface area contributed by atoms with E-state index in [1.54, 1.807) is 30.6 Å². The maximum absolute atomic E-state index is 13.0. The van der Waals surface area contributed by atoms with Crippen molar-refractivity contribution in [2.24, 2.45) is 0 Å². The molecule has 1 atom stereocenters. The molecule has 6 nitrogen and oxygen atoms in total. The second-order valence-corrected chi connectivity index (χ2v) is 6.69. The van der Waals surface area contributed by atoms with Gasteiger partial charge in [-0.2, -0.15) is 0 Å². The summed E-state index contributed by atoms with van der Waals surface area (Å²) in [6.07, 6.45) is 0.708. The third kappa shape index (κ3) is 4.05. The number of carbonyl (C=O) groups excluding carboxylic acids is 2. The molecule has 1 heterocycles. The fraction of sp³-hybridized carbons (Fsp3) is 0.0870. The molecule has 4 aromatic rings. The normalized spacial score (nSPS) is 11.8. The summed E-state index contributed by atoms with van der Waals surface area (Å²) in [7, 11) is 0. The molecular weight excluding hydrogens is 385 g/mol. The number of carbonyl (C=O) groups is 2. The van der Waals surface area contributed by atoms with Gasteiger partial charge < -0.3 is 10.1 Å². The summed E-state index contributed by atoms with van der Waals surface area (Å²) in [5.74, 6) is -1.52. The van der Waals surface area contributed by atoms with Gasteiger partial charge in [-0.15, -0.1) is 0 Å². The van der Waals surface area contributed by atoms with E-state index in [0.29, 0.717) is 11.3 Å². The number of para-hydroxylation sites is 2. The van der Waals surface area contributed by atoms with Gasteiger partial charge in [-0.05, 0) is 67.6 Å². The molecule has 0 radical (unpaired) electrons. The number of fused-ring (bicyclic) bond motifs is 1. The van der Waals surface area contributed by atoms with Crippen LogP contribution in [0.4, 0.5) is 10.1 Å². The summed E-state index contributed by atoms with van der Waals surface area (Å²) >= 11 is 0. The maximum Gasteiger partial charge on any atom is 0.338 e. The lowest BCUT2D eigenvalue weighted by Gasteiger charge is -2.14. The molecule has 0 fully saturated rings. The van der Waals surface area contributed by atoms with Gasteiger partial charge in [0.1, 0.15) is 12.1 Å². The highest BCUT2D eigenvalue weighted by molar-refractivity contribution is 5.97. The molecule has 0 bridgehead atoms. The van der Waals surface area contributed by atoms with Crippen LogP contribution in [0.25, 0.3) is 16.7 Å². The Balaban J connectivity index is 1.42. The highest BCUT2D eigenvalue weighted by Crippen LogP contribution is 2.19. The fourth-order valence-electron chi connectivity index (χ4n) is 2.98. The van der Waals surface area contributed by atoms with Crippen LogP contribution in [0.15, 0.2) is 79.1 Å². The number of rotatable bonds is 5. The van der Waals surface area contributed by atoms with Crippen molar-refractivity contribution in [3.05, 3.63) is 90.5 Å². The molecule has 3 aromatic carbocycles. The minimum Gasteiger partial charge on any atom is -0.449 e. The Bertz CT molecular complexity index is 1200. The maximum atomic E-state index is 13.0. The highest BCUT2D eigenvalue weighted by atomic mass is 19.1. The monoisotopic (exact) mass is 403 g/mol. The Labute approximate surface area is 171 Å². The molecule has 0 spiro atoms. The standard InChI is InChI=1S/C23H18FN3O3/c1-15(22(28)26-18-10-8-17(24)9-11-18)30-23(29)16-6-12-19(13-7-16)27-14-25-20-4-2-3-5-21(20)27/h2-15H,1H3,(H,26,28). The number of benzene rings is 3. The molecule has 150 valence electrons. The zero-order valence-corrected chi connectivity index (χ0v) is 16.1. The van der Waals surface area contributed by atoms with Crippen LogP contribution in [0.1, 0.15) is 17.3 Å². The molecule has 1 amide bonds. The first-order chi connectivity index (χ1) is 14.5.